The molecule has 0 heterocycles. The van der Waals surface area contributed by atoms with Gasteiger partial charge in [-0.05, 0) is 18.1 Å². The highest BCUT2D eigenvalue weighted by Crippen LogP contribution is 2.31. The Morgan fingerprint density at radius 3 is 2.92 bits per heavy atom. The molecule has 0 spiro atoms. The molecule has 0 radical (unpaired) electrons. The van der Waals surface area contributed by atoms with Gasteiger partial charge < -0.3 is 5.73 Å². The van der Waals surface area contributed by atoms with Gasteiger partial charge >= 0.3 is 0 Å². The van der Waals surface area contributed by atoms with E-state index < -0.39 is 0 Å². The first kappa shape index (κ1) is 7.50. The largest absolute Gasteiger partial charge is 0.324 e. The van der Waals surface area contributed by atoms with E-state index in [1.807, 2.05) is 25.1 Å². The molecule has 1 aromatic rings. The number of hydrogen-bond donors (Lipinski definition) is 1. The Hall–Kier alpha value is -1.15. The standard InChI is InChI=1S/C10H11NO/c1-6-3-2-4-7-9(12)5-8(11)10(6)7/h2-4,8H,5,11H2,1H3. The Balaban J connectivity index is 2.67. The maximum atomic E-state index is 11.3. The highest BCUT2D eigenvalue weighted by molar-refractivity contribution is 6.01. The van der Waals surface area contributed by atoms with Crippen LogP contribution in [0.3, 0.4) is 0 Å². The summed E-state index contributed by atoms with van der Waals surface area (Å²) in [5.41, 5.74) is 8.81. The predicted molar refractivity (Wildman–Crippen MR) is 47.1 cm³/mol. The fourth-order valence-electron chi connectivity index (χ4n) is 1.83. The number of carbonyl (C=O) groups excluding carboxylic acids is 1. The van der Waals surface area contributed by atoms with Gasteiger partial charge in [0.05, 0.1) is 0 Å². The Bertz CT molecular complexity index is 344. The van der Waals surface area contributed by atoms with Gasteiger partial charge in [-0.15, -0.1) is 0 Å². The Morgan fingerprint density at radius 2 is 2.25 bits per heavy atom. The summed E-state index contributed by atoms with van der Waals surface area (Å²) in [6.07, 6.45) is 0.472. The van der Waals surface area contributed by atoms with Gasteiger partial charge in [-0.25, -0.2) is 0 Å². The SMILES string of the molecule is Cc1cccc2c1C(N)CC2=O. The minimum absolute atomic E-state index is 0.0753. The van der Waals surface area contributed by atoms with Gasteiger partial charge in [0.1, 0.15) is 0 Å². The molecule has 0 amide bonds. The second kappa shape index (κ2) is 2.42. The Labute approximate surface area is 71.4 Å². The fourth-order valence-corrected chi connectivity index (χ4v) is 1.83. The van der Waals surface area contributed by atoms with Crippen molar-refractivity contribution in [2.45, 2.75) is 19.4 Å². The molecule has 2 heteroatoms. The highest BCUT2D eigenvalue weighted by Gasteiger charge is 2.27. The molecule has 0 aromatic heterocycles. The summed E-state index contributed by atoms with van der Waals surface area (Å²) in [5.74, 6) is 0.182. The van der Waals surface area contributed by atoms with Crippen LogP contribution in [0, 0.1) is 6.92 Å². The summed E-state index contributed by atoms with van der Waals surface area (Å²) >= 11 is 0. The molecule has 2 nitrogen and oxygen atoms in total. The lowest BCUT2D eigenvalue weighted by molar-refractivity contribution is 0.0989. The van der Waals surface area contributed by atoms with Crippen LogP contribution in [0.15, 0.2) is 18.2 Å². The summed E-state index contributed by atoms with van der Waals surface area (Å²) in [4.78, 5) is 11.3. The Kier molecular flexibility index (Phi) is 1.51. The molecule has 0 saturated carbocycles. The molecular weight excluding hydrogens is 150 g/mol. The number of aryl methyl sites for hydroxylation is 1. The lowest BCUT2D eigenvalue weighted by Gasteiger charge is -2.06. The first-order valence-electron chi connectivity index (χ1n) is 4.08. The van der Waals surface area contributed by atoms with Crippen LogP contribution in [0.4, 0.5) is 0 Å². The van der Waals surface area contributed by atoms with Gasteiger partial charge in [-0.3, -0.25) is 4.79 Å². The first-order chi connectivity index (χ1) is 5.70. The lowest BCUT2D eigenvalue weighted by Crippen LogP contribution is -2.07. The summed E-state index contributed by atoms with van der Waals surface area (Å²) in [6, 6.07) is 5.69. The molecule has 0 aliphatic heterocycles. The minimum atomic E-state index is -0.0753. The van der Waals surface area contributed by atoms with Crippen LogP contribution in [0.5, 0.6) is 0 Å². The number of nitrogens with two attached hydrogens (primary N) is 1. The molecule has 1 aliphatic rings. The third kappa shape index (κ3) is 0.883. The van der Waals surface area contributed by atoms with E-state index in [1.54, 1.807) is 0 Å². The van der Waals surface area contributed by atoms with E-state index >= 15 is 0 Å². The van der Waals surface area contributed by atoms with Crippen LogP contribution in [-0.4, -0.2) is 5.78 Å². The zero-order valence-corrected chi connectivity index (χ0v) is 7.00. The predicted octanol–water partition coefficient (Wildman–Crippen LogP) is 1.58. The zero-order chi connectivity index (χ0) is 8.72. The Morgan fingerprint density at radius 1 is 1.50 bits per heavy atom. The van der Waals surface area contributed by atoms with Crippen molar-refractivity contribution in [1.82, 2.24) is 0 Å². The minimum Gasteiger partial charge on any atom is -0.324 e. The number of ketones is 1. The number of hydrogen-bond acceptors (Lipinski definition) is 2. The van der Waals surface area contributed by atoms with E-state index in [2.05, 4.69) is 0 Å². The summed E-state index contributed by atoms with van der Waals surface area (Å²) in [7, 11) is 0. The number of fused-ring (bicyclic) bond motifs is 1. The summed E-state index contributed by atoms with van der Waals surface area (Å²) < 4.78 is 0. The van der Waals surface area contributed by atoms with Crippen molar-refractivity contribution in [3.05, 3.63) is 34.9 Å². The second-order valence-electron chi connectivity index (χ2n) is 3.27. The van der Waals surface area contributed by atoms with Crippen LogP contribution in [0.1, 0.15) is 33.9 Å². The second-order valence-corrected chi connectivity index (χ2v) is 3.27. The molecule has 0 bridgehead atoms. The molecule has 62 valence electrons. The van der Waals surface area contributed by atoms with E-state index in [-0.39, 0.29) is 11.8 Å². The van der Waals surface area contributed by atoms with Crippen molar-refractivity contribution in [3.63, 3.8) is 0 Å². The van der Waals surface area contributed by atoms with Crippen molar-refractivity contribution in [2.24, 2.45) is 5.73 Å². The maximum Gasteiger partial charge on any atom is 0.165 e. The average Bonchev–Trinajstić information content (AvgIpc) is 2.29. The molecule has 2 N–H and O–H groups in total. The number of benzene rings is 1. The van der Waals surface area contributed by atoms with Gasteiger partial charge in [0, 0.05) is 18.0 Å². The van der Waals surface area contributed by atoms with E-state index in [0.717, 1.165) is 16.7 Å². The van der Waals surface area contributed by atoms with Crippen LogP contribution in [0.2, 0.25) is 0 Å². The highest BCUT2D eigenvalue weighted by atomic mass is 16.1. The molecule has 12 heavy (non-hydrogen) atoms. The summed E-state index contributed by atoms with van der Waals surface area (Å²) in [6.45, 7) is 2.00. The molecule has 1 atom stereocenters. The first-order valence-corrected chi connectivity index (χ1v) is 4.08. The van der Waals surface area contributed by atoms with E-state index in [0.29, 0.717) is 6.42 Å². The molecule has 0 fully saturated rings. The van der Waals surface area contributed by atoms with E-state index in [1.165, 1.54) is 0 Å². The molecule has 1 unspecified atom stereocenters. The maximum absolute atomic E-state index is 11.3. The lowest BCUT2D eigenvalue weighted by atomic mass is 10.0. The number of carbonyl (C=O) groups is 1. The normalized spacial score (nSPS) is 21.2. The van der Waals surface area contributed by atoms with E-state index in [4.69, 9.17) is 5.73 Å². The fraction of sp³-hybridized carbons (Fsp3) is 0.300. The van der Waals surface area contributed by atoms with Gasteiger partial charge in [-0.2, -0.15) is 0 Å². The molecule has 2 rings (SSSR count). The topological polar surface area (TPSA) is 43.1 Å². The molecular formula is C10H11NO. The summed E-state index contributed by atoms with van der Waals surface area (Å²) in [5, 5.41) is 0. The van der Waals surface area contributed by atoms with Crippen molar-refractivity contribution in [3.8, 4) is 0 Å². The monoisotopic (exact) mass is 161 g/mol. The van der Waals surface area contributed by atoms with Crippen LogP contribution < -0.4 is 5.73 Å². The third-order valence-corrected chi connectivity index (χ3v) is 2.40. The average molecular weight is 161 g/mol. The van der Waals surface area contributed by atoms with Gasteiger partial charge in [0.15, 0.2) is 5.78 Å². The van der Waals surface area contributed by atoms with Gasteiger partial charge in [0.25, 0.3) is 0 Å². The van der Waals surface area contributed by atoms with E-state index in [9.17, 15) is 4.79 Å². The van der Waals surface area contributed by atoms with Crippen molar-refractivity contribution >= 4 is 5.78 Å². The quantitative estimate of drug-likeness (QED) is 0.627. The van der Waals surface area contributed by atoms with Crippen LogP contribution in [0.25, 0.3) is 0 Å². The van der Waals surface area contributed by atoms with Gasteiger partial charge in [-0.1, -0.05) is 18.2 Å². The molecule has 1 aliphatic carbocycles. The van der Waals surface area contributed by atoms with Crippen molar-refractivity contribution in [2.75, 3.05) is 0 Å². The number of Topliss-reactive ketones (excluding diaryl/α,β-unsaturated/α-hetero) is 1. The number of rotatable bonds is 0. The molecule has 1 aromatic carbocycles. The van der Waals surface area contributed by atoms with Crippen LogP contribution >= 0.6 is 0 Å². The zero-order valence-electron chi connectivity index (χ0n) is 7.00. The molecule has 0 saturated heterocycles. The van der Waals surface area contributed by atoms with Gasteiger partial charge in [0.2, 0.25) is 0 Å². The van der Waals surface area contributed by atoms with Crippen LogP contribution in [-0.2, 0) is 0 Å². The van der Waals surface area contributed by atoms with Crippen molar-refractivity contribution < 1.29 is 4.79 Å². The smallest absolute Gasteiger partial charge is 0.165 e. The van der Waals surface area contributed by atoms with Crippen molar-refractivity contribution in [1.29, 1.82) is 0 Å². The third-order valence-electron chi connectivity index (χ3n) is 2.40.